The summed E-state index contributed by atoms with van der Waals surface area (Å²) in [5.41, 5.74) is -0.116. The largest absolute Gasteiger partial charge is 0.484 e. The summed E-state index contributed by atoms with van der Waals surface area (Å²) in [6.45, 7) is 0.771. The van der Waals surface area contributed by atoms with Crippen LogP contribution in [0.1, 0.15) is 6.42 Å². The van der Waals surface area contributed by atoms with Gasteiger partial charge in [-0.2, -0.15) is 4.31 Å². The molecule has 0 atom stereocenters. The second-order valence-corrected chi connectivity index (χ2v) is 9.27. The van der Waals surface area contributed by atoms with Crippen LogP contribution in [0.2, 0.25) is 0 Å². The molecule has 168 valence electrons. The zero-order valence-electron chi connectivity index (χ0n) is 17.1. The van der Waals surface area contributed by atoms with Crippen molar-refractivity contribution in [2.24, 2.45) is 0 Å². The number of ether oxygens (including phenoxy) is 1. The Morgan fingerprint density at radius 3 is 2.53 bits per heavy atom. The number of hydrogen-bond donors (Lipinski definition) is 0. The predicted octanol–water partition coefficient (Wildman–Crippen LogP) is 2.23. The van der Waals surface area contributed by atoms with Crippen LogP contribution in [0.3, 0.4) is 0 Å². The van der Waals surface area contributed by atoms with E-state index in [0.717, 1.165) is 17.5 Å². The average molecular weight is 460 g/mol. The Morgan fingerprint density at radius 2 is 1.75 bits per heavy atom. The van der Waals surface area contributed by atoms with E-state index in [0.29, 0.717) is 24.3 Å². The predicted molar refractivity (Wildman–Crippen MR) is 114 cm³/mol. The van der Waals surface area contributed by atoms with Crippen LogP contribution in [0.15, 0.2) is 68.7 Å². The number of benzene rings is 2. The second-order valence-electron chi connectivity index (χ2n) is 7.34. The molecule has 0 radical (unpaired) electrons. The Kier molecular flexibility index (Phi) is 6.24. The van der Waals surface area contributed by atoms with Gasteiger partial charge in [-0.15, -0.1) is 0 Å². The van der Waals surface area contributed by atoms with E-state index >= 15 is 0 Å². The van der Waals surface area contributed by atoms with Gasteiger partial charge in [0.1, 0.15) is 17.1 Å². The molecule has 8 nitrogen and oxygen atoms in total. The van der Waals surface area contributed by atoms with Crippen molar-refractivity contribution < 1.29 is 26.8 Å². The molecule has 0 saturated carbocycles. The maximum atomic E-state index is 13.1. The third kappa shape index (κ3) is 4.81. The van der Waals surface area contributed by atoms with Gasteiger partial charge in [-0.3, -0.25) is 4.79 Å². The molecule has 3 aromatic rings. The zero-order chi connectivity index (χ0) is 22.7. The van der Waals surface area contributed by atoms with E-state index in [1.54, 1.807) is 29.2 Å². The van der Waals surface area contributed by atoms with E-state index in [4.69, 9.17) is 9.15 Å². The highest BCUT2D eigenvalue weighted by Gasteiger charge is 2.28. The average Bonchev–Trinajstić information content (AvgIpc) is 3.04. The molecule has 1 amide bonds. The molecule has 0 aliphatic carbocycles. The molecule has 0 N–H and O–H groups in total. The van der Waals surface area contributed by atoms with Gasteiger partial charge in [0.25, 0.3) is 5.91 Å². The first-order valence-electron chi connectivity index (χ1n) is 10.0. The van der Waals surface area contributed by atoms with Crippen LogP contribution >= 0.6 is 0 Å². The molecule has 1 aliphatic heterocycles. The third-order valence-corrected chi connectivity index (χ3v) is 7.13. The van der Waals surface area contributed by atoms with Crippen LogP contribution in [-0.2, 0) is 14.8 Å². The lowest BCUT2D eigenvalue weighted by Crippen LogP contribution is -2.39. The van der Waals surface area contributed by atoms with Crippen LogP contribution in [0, 0.1) is 5.82 Å². The van der Waals surface area contributed by atoms with Gasteiger partial charge in [-0.05, 0) is 48.9 Å². The van der Waals surface area contributed by atoms with Crippen LogP contribution in [0.5, 0.6) is 5.75 Å². The molecule has 0 unspecified atom stereocenters. The Balaban J connectivity index is 1.37. The smallest absolute Gasteiger partial charge is 0.336 e. The van der Waals surface area contributed by atoms with E-state index in [1.807, 2.05) is 0 Å². The highest BCUT2D eigenvalue weighted by Crippen LogP contribution is 2.20. The molecule has 1 aromatic heterocycles. The fourth-order valence-corrected chi connectivity index (χ4v) is 4.98. The molecular formula is C22H21FN2O6S. The van der Waals surface area contributed by atoms with E-state index in [2.05, 4.69) is 0 Å². The van der Waals surface area contributed by atoms with Crippen molar-refractivity contribution in [2.45, 2.75) is 11.3 Å². The normalized spacial score (nSPS) is 15.5. The Hall–Kier alpha value is -3.24. The monoisotopic (exact) mass is 460 g/mol. The number of nitrogens with zero attached hydrogens (tertiary/aromatic N) is 2. The van der Waals surface area contributed by atoms with E-state index in [9.17, 15) is 22.4 Å². The highest BCUT2D eigenvalue weighted by molar-refractivity contribution is 7.89. The summed E-state index contributed by atoms with van der Waals surface area (Å²) >= 11 is 0. The van der Waals surface area contributed by atoms with Gasteiger partial charge >= 0.3 is 5.63 Å². The molecular weight excluding hydrogens is 439 g/mol. The number of sulfonamides is 1. The molecule has 0 spiro atoms. The minimum Gasteiger partial charge on any atom is -0.484 e. The van der Waals surface area contributed by atoms with Gasteiger partial charge in [-0.25, -0.2) is 17.6 Å². The lowest BCUT2D eigenvalue weighted by molar-refractivity contribution is -0.133. The lowest BCUT2D eigenvalue weighted by Gasteiger charge is -2.22. The number of amides is 1. The number of carbonyl (C=O) groups excluding carboxylic acids is 1. The molecule has 1 fully saturated rings. The van der Waals surface area contributed by atoms with Gasteiger partial charge in [0.15, 0.2) is 6.61 Å². The first-order chi connectivity index (χ1) is 15.3. The molecule has 32 heavy (non-hydrogen) atoms. The minimum atomic E-state index is -3.77. The van der Waals surface area contributed by atoms with Crippen LogP contribution in [0.4, 0.5) is 4.39 Å². The van der Waals surface area contributed by atoms with Crippen molar-refractivity contribution in [1.29, 1.82) is 0 Å². The second kappa shape index (κ2) is 9.09. The zero-order valence-corrected chi connectivity index (χ0v) is 17.9. The summed E-state index contributed by atoms with van der Waals surface area (Å²) in [5, 5.41) is 0.734. The van der Waals surface area contributed by atoms with Crippen molar-refractivity contribution in [3.05, 3.63) is 70.8 Å². The summed E-state index contributed by atoms with van der Waals surface area (Å²) < 4.78 is 50.7. The van der Waals surface area contributed by atoms with Crippen LogP contribution < -0.4 is 10.4 Å². The maximum absolute atomic E-state index is 13.1. The fourth-order valence-electron chi connectivity index (χ4n) is 3.51. The summed E-state index contributed by atoms with van der Waals surface area (Å²) in [5.74, 6) is -0.402. The molecule has 2 aromatic carbocycles. The van der Waals surface area contributed by atoms with Gasteiger partial charge in [0, 0.05) is 43.7 Å². The van der Waals surface area contributed by atoms with E-state index < -0.39 is 21.5 Å². The van der Waals surface area contributed by atoms with Crippen molar-refractivity contribution in [3.63, 3.8) is 0 Å². The maximum Gasteiger partial charge on any atom is 0.336 e. The molecule has 0 bridgehead atoms. The molecule has 4 rings (SSSR count). The molecule has 1 saturated heterocycles. The Morgan fingerprint density at radius 1 is 1.00 bits per heavy atom. The SMILES string of the molecule is O=C(COc1ccc2ccc(=O)oc2c1)N1CCCN(S(=O)(=O)c2ccc(F)cc2)CC1. The number of halogens is 1. The summed E-state index contributed by atoms with van der Waals surface area (Å²) in [4.78, 5) is 25.6. The van der Waals surface area contributed by atoms with Crippen molar-refractivity contribution in [3.8, 4) is 5.75 Å². The lowest BCUT2D eigenvalue weighted by atomic mass is 10.2. The van der Waals surface area contributed by atoms with Gasteiger partial charge in [0.05, 0.1) is 4.90 Å². The van der Waals surface area contributed by atoms with Gasteiger partial charge in [-0.1, -0.05) is 0 Å². The minimum absolute atomic E-state index is 0.0185. The Bertz CT molecular complexity index is 1290. The van der Waals surface area contributed by atoms with Crippen molar-refractivity contribution in [2.75, 3.05) is 32.8 Å². The summed E-state index contributed by atoms with van der Waals surface area (Å²) in [7, 11) is -3.77. The van der Waals surface area contributed by atoms with Crippen molar-refractivity contribution in [1.82, 2.24) is 9.21 Å². The van der Waals surface area contributed by atoms with Crippen LogP contribution in [0.25, 0.3) is 11.0 Å². The number of rotatable bonds is 5. The standard InChI is InChI=1S/C22H21FN2O6S/c23-17-4-7-19(8-5-17)32(28,29)25-11-1-10-24(12-13-25)21(26)15-30-18-6-2-16-3-9-22(27)31-20(16)14-18/h2-9,14H,1,10-13,15H2. The molecule has 10 heteroatoms. The fraction of sp³-hybridized carbons (Fsp3) is 0.273. The first-order valence-corrected chi connectivity index (χ1v) is 11.5. The van der Waals surface area contributed by atoms with E-state index in [-0.39, 0.29) is 37.0 Å². The van der Waals surface area contributed by atoms with Gasteiger partial charge in [0.2, 0.25) is 10.0 Å². The number of fused-ring (bicyclic) bond motifs is 1. The quantitative estimate of drug-likeness (QED) is 0.542. The topological polar surface area (TPSA) is 97.1 Å². The number of carbonyl (C=O) groups is 1. The third-order valence-electron chi connectivity index (χ3n) is 5.22. The Labute approximate surface area is 183 Å². The van der Waals surface area contributed by atoms with E-state index in [1.165, 1.54) is 22.5 Å². The van der Waals surface area contributed by atoms with Crippen LogP contribution in [-0.4, -0.2) is 56.3 Å². The van der Waals surface area contributed by atoms with Gasteiger partial charge < -0.3 is 14.1 Å². The number of hydrogen-bond acceptors (Lipinski definition) is 6. The van der Waals surface area contributed by atoms with Crippen molar-refractivity contribution >= 4 is 26.9 Å². The first kappa shape index (κ1) is 22.0. The molecule has 1 aliphatic rings. The summed E-state index contributed by atoms with van der Waals surface area (Å²) in [6, 6.07) is 12.6. The highest BCUT2D eigenvalue weighted by atomic mass is 32.2. The summed E-state index contributed by atoms with van der Waals surface area (Å²) in [6.07, 6.45) is 0.466. The molecule has 2 heterocycles.